The molecule has 1 aliphatic rings. The van der Waals surface area contributed by atoms with Gasteiger partial charge < -0.3 is 5.32 Å². The third-order valence-electron chi connectivity index (χ3n) is 4.22. The molecule has 0 radical (unpaired) electrons. The maximum absolute atomic E-state index is 12.5. The summed E-state index contributed by atoms with van der Waals surface area (Å²) < 4.78 is 27.8. The fraction of sp³-hybridized carbons (Fsp3) is 0.412. The number of nitrogens with zero attached hydrogens (tertiary/aromatic N) is 4. The summed E-state index contributed by atoms with van der Waals surface area (Å²) in [7, 11) is -0.347. The maximum atomic E-state index is 12.5. The van der Waals surface area contributed by atoms with Gasteiger partial charge in [-0.1, -0.05) is 12.1 Å². The summed E-state index contributed by atoms with van der Waals surface area (Å²) in [6.45, 7) is 2.45. The van der Waals surface area contributed by atoms with Gasteiger partial charge in [0.1, 0.15) is 11.6 Å². The van der Waals surface area contributed by atoms with E-state index in [4.69, 9.17) is 0 Å². The fourth-order valence-electron chi connectivity index (χ4n) is 2.97. The lowest BCUT2D eigenvalue weighted by atomic mass is 10.1. The second-order valence-corrected chi connectivity index (χ2v) is 8.39. The molecule has 1 atom stereocenters. The van der Waals surface area contributed by atoms with E-state index in [1.54, 1.807) is 14.1 Å². The molecule has 0 amide bonds. The van der Waals surface area contributed by atoms with Crippen LogP contribution in [0.3, 0.4) is 0 Å². The largest absolute Gasteiger partial charge is 0.325 e. The molecule has 25 heavy (non-hydrogen) atoms. The van der Waals surface area contributed by atoms with E-state index >= 15 is 0 Å². The van der Waals surface area contributed by atoms with Crippen molar-refractivity contribution < 1.29 is 8.42 Å². The Balaban J connectivity index is 1.86. The van der Waals surface area contributed by atoms with Crippen LogP contribution in [0, 0.1) is 6.92 Å². The molecule has 0 aromatic carbocycles. The van der Waals surface area contributed by atoms with Crippen molar-refractivity contribution in [2.75, 3.05) is 26.0 Å². The lowest BCUT2D eigenvalue weighted by Crippen LogP contribution is -2.39. The van der Waals surface area contributed by atoms with Crippen LogP contribution in [-0.4, -0.2) is 47.6 Å². The smallest absolute Gasteiger partial charge is 0.282 e. The molecule has 1 saturated heterocycles. The maximum Gasteiger partial charge on any atom is 0.282 e. The van der Waals surface area contributed by atoms with Crippen molar-refractivity contribution in [3.8, 4) is 0 Å². The monoisotopic (exact) mass is 361 g/mol. The quantitative estimate of drug-likeness (QED) is 0.885. The van der Waals surface area contributed by atoms with Crippen molar-refractivity contribution in [3.05, 3.63) is 47.8 Å². The number of pyridine rings is 2. The molecule has 1 unspecified atom stereocenters. The Morgan fingerprint density at radius 1 is 1.12 bits per heavy atom. The number of hydrogen-bond acceptors (Lipinski definition) is 5. The molecule has 1 fully saturated rings. The molecular formula is C17H23N5O2S. The van der Waals surface area contributed by atoms with Crippen molar-refractivity contribution in [2.24, 2.45) is 0 Å². The highest BCUT2D eigenvalue weighted by Crippen LogP contribution is 2.34. The van der Waals surface area contributed by atoms with Crippen LogP contribution in [0.2, 0.25) is 0 Å². The Bertz CT molecular complexity index is 854. The third kappa shape index (κ3) is 3.81. The zero-order valence-corrected chi connectivity index (χ0v) is 15.5. The van der Waals surface area contributed by atoms with Gasteiger partial charge in [-0.2, -0.15) is 17.0 Å². The van der Waals surface area contributed by atoms with Crippen LogP contribution in [0.5, 0.6) is 0 Å². The van der Waals surface area contributed by atoms with Crippen LogP contribution in [0.1, 0.15) is 30.3 Å². The molecule has 8 heteroatoms. The van der Waals surface area contributed by atoms with Crippen LogP contribution in [-0.2, 0) is 10.2 Å². The van der Waals surface area contributed by atoms with E-state index in [0.29, 0.717) is 18.2 Å². The van der Waals surface area contributed by atoms with Crippen LogP contribution in [0.15, 0.2) is 36.4 Å². The van der Waals surface area contributed by atoms with Crippen molar-refractivity contribution in [1.29, 1.82) is 0 Å². The van der Waals surface area contributed by atoms with Gasteiger partial charge in [0, 0.05) is 26.3 Å². The minimum atomic E-state index is -3.46. The summed E-state index contributed by atoms with van der Waals surface area (Å²) in [4.78, 5) is 9.04. The first kappa shape index (κ1) is 17.8. The SMILES string of the molecule is Cc1cccc(Nc2cccc(C3CCCN3S(=O)(=O)N(C)C)n2)n1. The number of anilines is 2. The number of rotatable bonds is 5. The summed E-state index contributed by atoms with van der Waals surface area (Å²) in [6, 6.07) is 11.1. The van der Waals surface area contributed by atoms with Gasteiger partial charge in [-0.25, -0.2) is 9.97 Å². The number of nitrogens with one attached hydrogen (secondary N) is 1. The van der Waals surface area contributed by atoms with E-state index in [2.05, 4.69) is 15.3 Å². The molecule has 0 bridgehead atoms. The first-order valence-corrected chi connectivity index (χ1v) is 9.64. The summed E-state index contributed by atoms with van der Waals surface area (Å²) in [6.07, 6.45) is 1.60. The summed E-state index contributed by atoms with van der Waals surface area (Å²) in [5, 5.41) is 3.18. The lowest BCUT2D eigenvalue weighted by Gasteiger charge is -2.26. The second kappa shape index (κ2) is 7.07. The molecule has 2 aromatic heterocycles. The van der Waals surface area contributed by atoms with E-state index in [0.717, 1.165) is 24.2 Å². The molecule has 2 aromatic rings. The Morgan fingerprint density at radius 2 is 1.80 bits per heavy atom. The molecular weight excluding hydrogens is 338 g/mol. The van der Waals surface area contributed by atoms with Crippen molar-refractivity contribution in [1.82, 2.24) is 18.6 Å². The zero-order chi connectivity index (χ0) is 18.0. The van der Waals surface area contributed by atoms with Crippen LogP contribution in [0.4, 0.5) is 11.6 Å². The van der Waals surface area contributed by atoms with Gasteiger partial charge in [0.2, 0.25) is 0 Å². The van der Waals surface area contributed by atoms with E-state index in [1.807, 2.05) is 43.3 Å². The van der Waals surface area contributed by atoms with Crippen LogP contribution < -0.4 is 5.32 Å². The molecule has 134 valence electrons. The van der Waals surface area contributed by atoms with Gasteiger partial charge in [0.15, 0.2) is 0 Å². The van der Waals surface area contributed by atoms with Gasteiger partial charge in [0.25, 0.3) is 10.2 Å². The normalized spacial score (nSPS) is 18.6. The standard InChI is InChI=1S/C17H23N5O2S/c1-13-7-4-10-16(18-13)20-17-11-5-8-14(19-17)15-9-6-12-22(15)25(23,24)21(2)3/h4-5,7-8,10-11,15H,6,9,12H2,1-3H3,(H,18,19,20). The van der Waals surface area contributed by atoms with E-state index in [9.17, 15) is 8.42 Å². The van der Waals surface area contributed by atoms with Crippen molar-refractivity contribution >= 4 is 21.8 Å². The molecule has 1 aliphatic heterocycles. The Hall–Kier alpha value is -2.03. The number of aryl methyl sites for hydroxylation is 1. The molecule has 1 N–H and O–H groups in total. The predicted molar refractivity (Wildman–Crippen MR) is 97.8 cm³/mol. The average Bonchev–Trinajstić information content (AvgIpc) is 3.05. The summed E-state index contributed by atoms with van der Waals surface area (Å²) >= 11 is 0. The minimum Gasteiger partial charge on any atom is -0.325 e. The molecule has 3 heterocycles. The molecule has 3 rings (SSSR count). The topological polar surface area (TPSA) is 78.4 Å². The summed E-state index contributed by atoms with van der Waals surface area (Å²) in [5.74, 6) is 1.37. The minimum absolute atomic E-state index is 0.236. The van der Waals surface area contributed by atoms with Gasteiger partial charge in [-0.15, -0.1) is 0 Å². The number of aromatic nitrogens is 2. The Morgan fingerprint density at radius 3 is 2.48 bits per heavy atom. The van der Waals surface area contributed by atoms with Gasteiger partial charge in [-0.05, 0) is 44.0 Å². The molecule has 0 spiro atoms. The van der Waals surface area contributed by atoms with E-state index < -0.39 is 10.2 Å². The highest BCUT2D eigenvalue weighted by atomic mass is 32.2. The van der Waals surface area contributed by atoms with Gasteiger partial charge in [-0.3, -0.25) is 0 Å². The molecule has 7 nitrogen and oxygen atoms in total. The highest BCUT2D eigenvalue weighted by Gasteiger charge is 2.37. The predicted octanol–water partition coefficient (Wildman–Crippen LogP) is 2.47. The Kier molecular flexibility index (Phi) is 5.03. The highest BCUT2D eigenvalue weighted by molar-refractivity contribution is 7.86. The lowest BCUT2D eigenvalue weighted by molar-refractivity contribution is 0.358. The average molecular weight is 361 g/mol. The van der Waals surface area contributed by atoms with Gasteiger partial charge >= 0.3 is 0 Å². The first-order chi connectivity index (χ1) is 11.9. The van der Waals surface area contributed by atoms with E-state index in [-0.39, 0.29) is 6.04 Å². The third-order valence-corrected chi connectivity index (χ3v) is 6.17. The number of hydrogen-bond donors (Lipinski definition) is 1. The molecule has 0 aliphatic carbocycles. The van der Waals surface area contributed by atoms with Crippen molar-refractivity contribution in [2.45, 2.75) is 25.8 Å². The van der Waals surface area contributed by atoms with Crippen LogP contribution >= 0.6 is 0 Å². The van der Waals surface area contributed by atoms with E-state index in [1.165, 1.54) is 8.61 Å². The zero-order valence-electron chi connectivity index (χ0n) is 14.7. The summed E-state index contributed by atoms with van der Waals surface area (Å²) in [5.41, 5.74) is 1.67. The molecule has 0 saturated carbocycles. The van der Waals surface area contributed by atoms with Crippen molar-refractivity contribution in [3.63, 3.8) is 0 Å². The fourth-order valence-corrected chi connectivity index (χ4v) is 4.29. The van der Waals surface area contributed by atoms with Crippen LogP contribution in [0.25, 0.3) is 0 Å². The van der Waals surface area contributed by atoms with Gasteiger partial charge in [0.05, 0.1) is 11.7 Å². The Labute approximate surface area is 148 Å². The second-order valence-electron chi connectivity index (χ2n) is 6.30. The first-order valence-electron chi connectivity index (χ1n) is 8.25.